The average Bonchev–Trinajstić information content (AvgIpc) is 2.73. The quantitative estimate of drug-likeness (QED) is 0.778. The van der Waals surface area contributed by atoms with E-state index in [1.54, 1.807) is 17.0 Å². The van der Waals surface area contributed by atoms with Gasteiger partial charge < -0.3 is 15.0 Å². The molecule has 6 nitrogen and oxygen atoms in total. The zero-order valence-corrected chi connectivity index (χ0v) is 16.5. The van der Waals surface area contributed by atoms with Crippen molar-refractivity contribution in [1.29, 1.82) is 0 Å². The van der Waals surface area contributed by atoms with Gasteiger partial charge in [0.1, 0.15) is 11.6 Å². The lowest BCUT2D eigenvalue weighted by atomic mass is 10.2. The summed E-state index contributed by atoms with van der Waals surface area (Å²) in [6.07, 6.45) is 0.0736. The van der Waals surface area contributed by atoms with Crippen molar-refractivity contribution in [1.82, 2.24) is 9.80 Å². The number of piperazine rings is 1. The second-order valence-corrected chi connectivity index (χ2v) is 6.99. The van der Waals surface area contributed by atoms with Crippen LogP contribution in [0.5, 0.6) is 5.75 Å². The van der Waals surface area contributed by atoms with Crippen LogP contribution in [0.25, 0.3) is 0 Å². The molecular formula is C22H26FN3O3. The summed E-state index contributed by atoms with van der Waals surface area (Å²) < 4.78 is 19.1. The van der Waals surface area contributed by atoms with E-state index >= 15 is 0 Å². The Morgan fingerprint density at radius 1 is 1.07 bits per heavy atom. The largest absolute Gasteiger partial charge is 0.481 e. The molecule has 154 valence electrons. The lowest BCUT2D eigenvalue weighted by Crippen LogP contribution is -2.53. The molecule has 1 aliphatic heterocycles. The van der Waals surface area contributed by atoms with Crippen molar-refractivity contribution in [3.63, 3.8) is 0 Å². The van der Waals surface area contributed by atoms with Gasteiger partial charge >= 0.3 is 0 Å². The molecule has 3 rings (SSSR count). The average molecular weight is 399 g/mol. The molecule has 0 bridgehead atoms. The van der Waals surface area contributed by atoms with E-state index in [1.165, 1.54) is 12.1 Å². The van der Waals surface area contributed by atoms with Gasteiger partial charge in [0, 0.05) is 31.9 Å². The molecule has 1 N–H and O–H groups in total. The highest BCUT2D eigenvalue weighted by Crippen LogP contribution is 2.15. The molecule has 1 atom stereocenters. The van der Waals surface area contributed by atoms with Crippen LogP contribution in [-0.2, 0) is 9.59 Å². The summed E-state index contributed by atoms with van der Waals surface area (Å²) in [6, 6.07) is 15.1. The van der Waals surface area contributed by atoms with Gasteiger partial charge in [0.2, 0.25) is 5.91 Å². The van der Waals surface area contributed by atoms with Crippen LogP contribution in [0.1, 0.15) is 13.3 Å². The Kier molecular flexibility index (Phi) is 7.19. The SMILES string of the molecule is CCC(Oc1ccccc1)C(=O)N1CCN(CC(=O)Nc2cccc(F)c2)CC1. The number of ether oxygens (including phenoxy) is 1. The molecule has 1 heterocycles. The lowest BCUT2D eigenvalue weighted by molar-refractivity contribution is -0.140. The first kappa shape index (κ1) is 20.8. The maximum atomic E-state index is 13.2. The first-order valence-electron chi connectivity index (χ1n) is 9.83. The van der Waals surface area contributed by atoms with E-state index in [9.17, 15) is 14.0 Å². The number of halogens is 1. The smallest absolute Gasteiger partial charge is 0.263 e. The van der Waals surface area contributed by atoms with Crippen LogP contribution in [0.3, 0.4) is 0 Å². The fraction of sp³-hybridized carbons (Fsp3) is 0.364. The van der Waals surface area contributed by atoms with Gasteiger partial charge in [-0.2, -0.15) is 0 Å². The van der Waals surface area contributed by atoms with E-state index < -0.39 is 11.9 Å². The molecule has 0 aliphatic carbocycles. The van der Waals surface area contributed by atoms with Crippen molar-refractivity contribution in [2.24, 2.45) is 0 Å². The molecule has 0 spiro atoms. The third kappa shape index (κ3) is 6.02. The Labute approximate surface area is 170 Å². The van der Waals surface area contributed by atoms with E-state index in [0.717, 1.165) is 0 Å². The molecule has 1 fully saturated rings. The van der Waals surface area contributed by atoms with Crippen molar-refractivity contribution in [2.45, 2.75) is 19.4 Å². The summed E-state index contributed by atoms with van der Waals surface area (Å²) in [4.78, 5) is 28.8. The zero-order valence-electron chi connectivity index (χ0n) is 16.5. The van der Waals surface area contributed by atoms with E-state index in [4.69, 9.17) is 4.74 Å². The Bertz CT molecular complexity index is 823. The first-order chi connectivity index (χ1) is 14.0. The highest BCUT2D eigenvalue weighted by atomic mass is 19.1. The van der Waals surface area contributed by atoms with Gasteiger partial charge in [-0.25, -0.2) is 4.39 Å². The number of nitrogens with one attached hydrogen (secondary N) is 1. The number of anilines is 1. The second-order valence-electron chi connectivity index (χ2n) is 6.99. The highest BCUT2D eigenvalue weighted by molar-refractivity contribution is 5.92. The van der Waals surface area contributed by atoms with Crippen LogP contribution < -0.4 is 10.1 Å². The van der Waals surface area contributed by atoms with Crippen molar-refractivity contribution in [3.05, 3.63) is 60.4 Å². The molecule has 7 heteroatoms. The minimum Gasteiger partial charge on any atom is -0.481 e. The first-order valence-corrected chi connectivity index (χ1v) is 9.83. The van der Waals surface area contributed by atoms with Crippen LogP contribution in [-0.4, -0.2) is 60.4 Å². The summed E-state index contributed by atoms with van der Waals surface area (Å²) in [5, 5.41) is 2.70. The predicted octanol–water partition coefficient (Wildman–Crippen LogP) is 2.77. The normalized spacial score (nSPS) is 15.6. The molecule has 1 unspecified atom stereocenters. The van der Waals surface area contributed by atoms with Gasteiger partial charge in [-0.1, -0.05) is 31.2 Å². The Morgan fingerprint density at radius 3 is 2.45 bits per heavy atom. The number of benzene rings is 2. The molecule has 2 aromatic rings. The molecule has 1 aliphatic rings. The van der Waals surface area contributed by atoms with Gasteiger partial charge in [-0.3, -0.25) is 14.5 Å². The van der Waals surface area contributed by atoms with Crippen molar-refractivity contribution >= 4 is 17.5 Å². The minimum absolute atomic E-state index is 0.0276. The lowest BCUT2D eigenvalue weighted by Gasteiger charge is -2.35. The van der Waals surface area contributed by atoms with Crippen LogP contribution in [0.4, 0.5) is 10.1 Å². The van der Waals surface area contributed by atoms with Gasteiger partial charge in [-0.05, 0) is 36.8 Å². The Morgan fingerprint density at radius 2 is 1.79 bits per heavy atom. The summed E-state index contributed by atoms with van der Waals surface area (Å²) in [6.45, 7) is 4.42. The van der Waals surface area contributed by atoms with Crippen molar-refractivity contribution < 1.29 is 18.7 Å². The standard InChI is InChI=1S/C22H26FN3O3/c1-2-20(29-19-9-4-3-5-10-19)22(28)26-13-11-25(12-14-26)16-21(27)24-18-8-6-7-17(23)15-18/h3-10,15,20H,2,11-14,16H2,1H3,(H,24,27). The number of hydrogen-bond donors (Lipinski definition) is 1. The Balaban J connectivity index is 1.46. The van der Waals surface area contributed by atoms with Crippen LogP contribution >= 0.6 is 0 Å². The zero-order chi connectivity index (χ0) is 20.6. The van der Waals surface area contributed by atoms with Gasteiger partial charge in [0.15, 0.2) is 6.10 Å². The molecule has 1 saturated heterocycles. The van der Waals surface area contributed by atoms with Crippen LogP contribution in [0, 0.1) is 5.82 Å². The molecular weight excluding hydrogens is 373 g/mol. The minimum atomic E-state index is -0.514. The van der Waals surface area contributed by atoms with Gasteiger partial charge in [0.05, 0.1) is 6.54 Å². The van der Waals surface area contributed by atoms with E-state index in [-0.39, 0.29) is 18.4 Å². The summed E-state index contributed by atoms with van der Waals surface area (Å²) in [5.74, 6) is 0.0629. The van der Waals surface area contributed by atoms with Gasteiger partial charge in [0.25, 0.3) is 5.91 Å². The molecule has 0 saturated carbocycles. The molecule has 0 aromatic heterocycles. The summed E-state index contributed by atoms with van der Waals surface area (Å²) in [5.41, 5.74) is 0.438. The molecule has 0 radical (unpaired) electrons. The third-order valence-electron chi connectivity index (χ3n) is 4.83. The van der Waals surface area contributed by atoms with Gasteiger partial charge in [-0.15, -0.1) is 0 Å². The Hall–Kier alpha value is -2.93. The fourth-order valence-corrected chi connectivity index (χ4v) is 3.27. The number of nitrogens with zero attached hydrogens (tertiary/aromatic N) is 2. The van der Waals surface area contributed by atoms with E-state index in [0.29, 0.717) is 44.0 Å². The van der Waals surface area contributed by atoms with Crippen LogP contribution in [0.15, 0.2) is 54.6 Å². The summed E-state index contributed by atoms with van der Waals surface area (Å²) >= 11 is 0. The maximum absolute atomic E-state index is 13.2. The third-order valence-corrected chi connectivity index (χ3v) is 4.83. The number of rotatable bonds is 7. The van der Waals surface area contributed by atoms with E-state index in [2.05, 4.69) is 5.32 Å². The predicted molar refractivity (Wildman–Crippen MR) is 109 cm³/mol. The van der Waals surface area contributed by atoms with E-state index in [1.807, 2.05) is 42.2 Å². The van der Waals surface area contributed by atoms with Crippen molar-refractivity contribution in [3.8, 4) is 5.75 Å². The molecule has 2 amide bonds. The number of para-hydroxylation sites is 1. The topological polar surface area (TPSA) is 61.9 Å². The molecule has 2 aromatic carbocycles. The molecule has 29 heavy (non-hydrogen) atoms. The maximum Gasteiger partial charge on any atom is 0.263 e. The summed E-state index contributed by atoms with van der Waals surface area (Å²) in [7, 11) is 0. The van der Waals surface area contributed by atoms with Crippen LogP contribution in [0.2, 0.25) is 0 Å². The number of carbonyl (C=O) groups is 2. The number of hydrogen-bond acceptors (Lipinski definition) is 4. The monoisotopic (exact) mass is 399 g/mol. The van der Waals surface area contributed by atoms with Crippen molar-refractivity contribution in [2.75, 3.05) is 38.0 Å². The second kappa shape index (κ2) is 10.0. The number of amides is 2. The highest BCUT2D eigenvalue weighted by Gasteiger charge is 2.28. The fourth-order valence-electron chi connectivity index (χ4n) is 3.27. The number of carbonyl (C=O) groups excluding carboxylic acids is 2.